The molecule has 1 unspecified atom stereocenters. The van der Waals surface area contributed by atoms with Gasteiger partial charge in [-0.1, -0.05) is 57.0 Å². The maximum atomic E-state index is 12.4. The molecule has 1 rings (SSSR count). The lowest BCUT2D eigenvalue weighted by atomic mass is 10.1. The Morgan fingerprint density at radius 2 is 1.91 bits per heavy atom. The molecular formula is C18H25Cl2NO. The van der Waals surface area contributed by atoms with Gasteiger partial charge >= 0.3 is 0 Å². The number of halogens is 2. The Morgan fingerprint density at radius 1 is 1.27 bits per heavy atom. The van der Waals surface area contributed by atoms with Gasteiger partial charge in [-0.05, 0) is 30.0 Å². The number of rotatable bonds is 8. The Hall–Kier alpha value is -0.990. The molecule has 1 amide bonds. The van der Waals surface area contributed by atoms with Gasteiger partial charge < -0.3 is 4.90 Å². The van der Waals surface area contributed by atoms with Crippen molar-refractivity contribution in [2.45, 2.75) is 45.5 Å². The minimum atomic E-state index is -0.0784. The standard InChI is InChI=1S/C18H25Cl2NO/c1-4-5-16(19)10-11-18(22)21(12-14(2)3)13-15-6-8-17(20)9-7-15/h6-11,14,16H,4-5,12-13H2,1-3H3/b11-10+. The number of carbonyl (C=O) groups excluding carboxylic acids is 1. The van der Waals surface area contributed by atoms with Crippen molar-refractivity contribution in [3.05, 3.63) is 47.0 Å². The molecule has 1 atom stereocenters. The molecular weight excluding hydrogens is 317 g/mol. The van der Waals surface area contributed by atoms with Gasteiger partial charge in [-0.25, -0.2) is 0 Å². The van der Waals surface area contributed by atoms with Crippen LogP contribution in [0, 0.1) is 5.92 Å². The first-order valence-electron chi connectivity index (χ1n) is 7.78. The molecule has 0 aromatic heterocycles. The number of allylic oxidation sites excluding steroid dienone is 1. The topological polar surface area (TPSA) is 20.3 Å². The number of hydrogen-bond donors (Lipinski definition) is 0. The van der Waals surface area contributed by atoms with Crippen molar-refractivity contribution in [1.29, 1.82) is 0 Å². The summed E-state index contributed by atoms with van der Waals surface area (Å²) in [5.74, 6) is 0.414. The van der Waals surface area contributed by atoms with Crippen molar-refractivity contribution in [2.75, 3.05) is 6.54 Å². The highest BCUT2D eigenvalue weighted by Gasteiger charge is 2.13. The number of alkyl halides is 1. The van der Waals surface area contributed by atoms with E-state index in [4.69, 9.17) is 23.2 Å². The summed E-state index contributed by atoms with van der Waals surface area (Å²) in [5, 5.41) is 0.625. The quantitative estimate of drug-likeness (QED) is 0.464. The third-order valence-corrected chi connectivity index (χ3v) is 3.81. The Labute approximate surface area is 144 Å². The summed E-state index contributed by atoms with van der Waals surface area (Å²) >= 11 is 12.0. The van der Waals surface area contributed by atoms with E-state index in [1.54, 1.807) is 12.2 Å². The van der Waals surface area contributed by atoms with E-state index in [2.05, 4.69) is 20.8 Å². The highest BCUT2D eigenvalue weighted by Crippen LogP contribution is 2.13. The molecule has 4 heteroatoms. The Bertz CT molecular complexity index is 482. The van der Waals surface area contributed by atoms with Crippen LogP contribution in [-0.4, -0.2) is 22.7 Å². The smallest absolute Gasteiger partial charge is 0.246 e. The van der Waals surface area contributed by atoms with Crippen LogP contribution >= 0.6 is 23.2 Å². The zero-order valence-corrected chi connectivity index (χ0v) is 15.1. The van der Waals surface area contributed by atoms with Crippen molar-refractivity contribution < 1.29 is 4.79 Å². The normalized spacial score (nSPS) is 12.8. The minimum Gasteiger partial charge on any atom is -0.335 e. The largest absolute Gasteiger partial charge is 0.335 e. The van der Waals surface area contributed by atoms with Crippen LogP contribution in [0.15, 0.2) is 36.4 Å². The van der Waals surface area contributed by atoms with Gasteiger partial charge in [0, 0.05) is 24.2 Å². The second-order valence-corrected chi connectivity index (χ2v) is 6.90. The summed E-state index contributed by atoms with van der Waals surface area (Å²) in [4.78, 5) is 14.3. The van der Waals surface area contributed by atoms with E-state index >= 15 is 0 Å². The van der Waals surface area contributed by atoms with Gasteiger partial charge in [0.15, 0.2) is 0 Å². The fourth-order valence-electron chi connectivity index (χ4n) is 2.15. The summed E-state index contributed by atoms with van der Waals surface area (Å²) in [6.07, 6.45) is 5.29. The maximum Gasteiger partial charge on any atom is 0.246 e. The molecule has 0 saturated carbocycles. The first kappa shape index (κ1) is 19.1. The molecule has 0 heterocycles. The molecule has 0 aliphatic heterocycles. The molecule has 2 nitrogen and oxygen atoms in total. The number of hydrogen-bond acceptors (Lipinski definition) is 1. The van der Waals surface area contributed by atoms with E-state index in [9.17, 15) is 4.79 Å². The van der Waals surface area contributed by atoms with Gasteiger partial charge in [0.05, 0.1) is 5.38 Å². The molecule has 0 spiro atoms. The Kier molecular flexibility index (Phi) is 8.59. The predicted octanol–water partition coefficient (Wildman–Crippen LogP) is 5.29. The van der Waals surface area contributed by atoms with E-state index in [1.807, 2.05) is 29.2 Å². The van der Waals surface area contributed by atoms with Gasteiger partial charge in [-0.3, -0.25) is 4.79 Å². The second kappa shape index (κ2) is 9.91. The van der Waals surface area contributed by atoms with Gasteiger partial charge in [0.1, 0.15) is 0 Å². The second-order valence-electron chi connectivity index (χ2n) is 5.90. The highest BCUT2D eigenvalue weighted by atomic mass is 35.5. The Balaban J connectivity index is 2.74. The van der Waals surface area contributed by atoms with E-state index in [0.29, 0.717) is 24.0 Å². The van der Waals surface area contributed by atoms with Crippen molar-refractivity contribution >= 4 is 29.1 Å². The third kappa shape index (κ3) is 7.33. The van der Waals surface area contributed by atoms with Crippen LogP contribution in [0.3, 0.4) is 0 Å². The fourth-order valence-corrected chi connectivity index (χ4v) is 2.56. The van der Waals surface area contributed by atoms with Gasteiger partial charge in [-0.2, -0.15) is 0 Å². The van der Waals surface area contributed by atoms with Crippen LogP contribution in [0.2, 0.25) is 5.02 Å². The SMILES string of the molecule is CCCC(Cl)/C=C/C(=O)N(Cc1ccc(Cl)cc1)CC(C)C. The molecule has 0 N–H and O–H groups in total. The highest BCUT2D eigenvalue weighted by molar-refractivity contribution is 6.30. The number of benzene rings is 1. The summed E-state index contributed by atoms with van der Waals surface area (Å²) < 4.78 is 0. The van der Waals surface area contributed by atoms with Crippen molar-refractivity contribution in [3.8, 4) is 0 Å². The average molecular weight is 342 g/mol. The van der Waals surface area contributed by atoms with Crippen LogP contribution in [-0.2, 0) is 11.3 Å². The number of amides is 1. The first-order chi connectivity index (χ1) is 10.4. The molecule has 0 bridgehead atoms. The molecule has 1 aromatic carbocycles. The van der Waals surface area contributed by atoms with Crippen LogP contribution in [0.5, 0.6) is 0 Å². The van der Waals surface area contributed by atoms with E-state index in [1.165, 1.54) is 0 Å². The molecule has 0 radical (unpaired) electrons. The zero-order valence-electron chi connectivity index (χ0n) is 13.6. The summed E-state index contributed by atoms with van der Waals surface area (Å²) in [5.41, 5.74) is 1.07. The lowest BCUT2D eigenvalue weighted by Gasteiger charge is -2.23. The zero-order chi connectivity index (χ0) is 16.5. The van der Waals surface area contributed by atoms with Crippen LogP contribution in [0.1, 0.15) is 39.2 Å². The molecule has 0 aliphatic carbocycles. The Morgan fingerprint density at radius 3 is 2.45 bits per heavy atom. The number of nitrogens with zero attached hydrogens (tertiary/aromatic N) is 1. The third-order valence-electron chi connectivity index (χ3n) is 3.20. The predicted molar refractivity (Wildman–Crippen MR) is 95.4 cm³/mol. The molecule has 122 valence electrons. The van der Waals surface area contributed by atoms with Crippen LogP contribution in [0.4, 0.5) is 0 Å². The molecule has 0 fully saturated rings. The van der Waals surface area contributed by atoms with Crippen molar-refractivity contribution in [3.63, 3.8) is 0 Å². The van der Waals surface area contributed by atoms with E-state index < -0.39 is 0 Å². The lowest BCUT2D eigenvalue weighted by Crippen LogP contribution is -2.32. The minimum absolute atomic E-state index is 0.00500. The van der Waals surface area contributed by atoms with Crippen molar-refractivity contribution in [2.24, 2.45) is 5.92 Å². The first-order valence-corrected chi connectivity index (χ1v) is 8.59. The summed E-state index contributed by atoms with van der Waals surface area (Å²) in [6, 6.07) is 7.60. The monoisotopic (exact) mass is 341 g/mol. The molecule has 1 aromatic rings. The summed E-state index contributed by atoms with van der Waals surface area (Å²) in [7, 11) is 0. The molecule has 0 aliphatic rings. The molecule has 22 heavy (non-hydrogen) atoms. The number of carbonyl (C=O) groups is 1. The molecule has 0 saturated heterocycles. The van der Waals surface area contributed by atoms with Gasteiger partial charge in [0.25, 0.3) is 0 Å². The maximum absolute atomic E-state index is 12.4. The van der Waals surface area contributed by atoms with Crippen LogP contribution < -0.4 is 0 Å². The van der Waals surface area contributed by atoms with E-state index in [-0.39, 0.29) is 11.3 Å². The van der Waals surface area contributed by atoms with Gasteiger partial charge in [-0.15, -0.1) is 11.6 Å². The van der Waals surface area contributed by atoms with E-state index in [0.717, 1.165) is 18.4 Å². The summed E-state index contributed by atoms with van der Waals surface area (Å²) in [6.45, 7) is 7.59. The van der Waals surface area contributed by atoms with Crippen LogP contribution in [0.25, 0.3) is 0 Å². The lowest BCUT2D eigenvalue weighted by molar-refractivity contribution is -0.127. The fraction of sp³-hybridized carbons (Fsp3) is 0.500. The van der Waals surface area contributed by atoms with Crippen molar-refractivity contribution in [1.82, 2.24) is 4.90 Å². The average Bonchev–Trinajstić information content (AvgIpc) is 2.46. The van der Waals surface area contributed by atoms with Gasteiger partial charge in [0.2, 0.25) is 5.91 Å².